The van der Waals surface area contributed by atoms with Crippen LogP contribution in [-0.2, 0) is 16.1 Å². The number of nitriles is 1. The summed E-state index contributed by atoms with van der Waals surface area (Å²) < 4.78 is 26.5. The quantitative estimate of drug-likeness (QED) is 0.719. The second-order valence-electron chi connectivity index (χ2n) is 6.68. The van der Waals surface area contributed by atoms with E-state index >= 15 is 0 Å². The van der Waals surface area contributed by atoms with E-state index in [2.05, 4.69) is 0 Å². The topological polar surface area (TPSA) is 84.6 Å². The Hall–Kier alpha value is -3.34. The number of ether oxygens (including phenoxy) is 2. The molecule has 1 saturated heterocycles. The van der Waals surface area contributed by atoms with Crippen molar-refractivity contribution >= 4 is 12.1 Å². The van der Waals surface area contributed by atoms with Crippen LogP contribution < -0.4 is 0 Å². The summed E-state index contributed by atoms with van der Waals surface area (Å²) in [5, 5.41) is 9.28. The van der Waals surface area contributed by atoms with E-state index in [0.717, 1.165) is 5.56 Å². The number of hydrogen-bond donors (Lipinski definition) is 0. The van der Waals surface area contributed by atoms with Gasteiger partial charge < -0.3 is 18.9 Å². The van der Waals surface area contributed by atoms with Crippen LogP contribution >= 0.6 is 0 Å². The third-order valence-corrected chi connectivity index (χ3v) is 4.82. The molecule has 152 valence electrons. The molecule has 2 unspecified atom stereocenters. The van der Waals surface area contributed by atoms with Gasteiger partial charge in [0.15, 0.2) is 0 Å². The van der Waals surface area contributed by atoms with Gasteiger partial charge in [-0.05, 0) is 25.0 Å². The zero-order valence-electron chi connectivity index (χ0n) is 16.1. The van der Waals surface area contributed by atoms with Crippen LogP contribution in [0.25, 0.3) is 0 Å². The molecule has 0 radical (unpaired) electrons. The first-order valence-electron chi connectivity index (χ1n) is 9.42. The Labute approximate surface area is 168 Å². The van der Waals surface area contributed by atoms with E-state index in [9.17, 15) is 19.2 Å². The number of likely N-dealkylation sites (tertiary alicyclic amines) is 1. The number of rotatable bonds is 5. The lowest BCUT2D eigenvalue weighted by atomic mass is 10.0. The molecule has 1 aromatic carbocycles. The lowest BCUT2D eigenvalue weighted by molar-refractivity contribution is 0.0464. The fourth-order valence-electron chi connectivity index (χ4n) is 3.37. The summed E-state index contributed by atoms with van der Waals surface area (Å²) >= 11 is 0. The summed E-state index contributed by atoms with van der Waals surface area (Å²) in [6.07, 6.45) is -0.231. The van der Waals surface area contributed by atoms with Gasteiger partial charge >= 0.3 is 12.1 Å². The largest absolute Gasteiger partial charge is 0.461 e. The van der Waals surface area contributed by atoms with Gasteiger partial charge in [-0.2, -0.15) is 5.26 Å². The molecule has 0 N–H and O–H groups in total. The number of halogens is 1. The molecular weight excluding hydrogens is 377 g/mol. The average Bonchev–Trinajstić information content (AvgIpc) is 3.17. The van der Waals surface area contributed by atoms with E-state index < -0.39 is 24.3 Å². The molecule has 0 saturated carbocycles. The second-order valence-corrected chi connectivity index (χ2v) is 6.68. The molecule has 2 atom stereocenters. The van der Waals surface area contributed by atoms with Crippen LogP contribution in [0, 0.1) is 11.3 Å². The maximum Gasteiger partial charge on any atom is 0.410 e. The van der Waals surface area contributed by atoms with Crippen LogP contribution in [0.2, 0.25) is 0 Å². The summed E-state index contributed by atoms with van der Waals surface area (Å²) in [5.74, 6) is -0.690. The van der Waals surface area contributed by atoms with Crippen molar-refractivity contribution < 1.29 is 23.5 Å². The van der Waals surface area contributed by atoms with Crippen LogP contribution in [-0.4, -0.2) is 47.4 Å². The Bertz CT molecular complexity index is 906. The standard InChI is InChI=1S/C21H22FN3O4/c1-2-28-20(26)19-16(12-23)8-11-25(19)18-13-24(10-9-17(18)22)21(27)29-14-15-6-4-3-5-7-15/h3-8,11,17-18H,2,9-10,13-14H2,1H3. The highest BCUT2D eigenvalue weighted by atomic mass is 19.1. The van der Waals surface area contributed by atoms with Crippen LogP contribution in [0.4, 0.5) is 9.18 Å². The number of esters is 1. The highest BCUT2D eigenvalue weighted by Gasteiger charge is 2.36. The molecule has 0 spiro atoms. The minimum absolute atomic E-state index is 0.00139. The van der Waals surface area contributed by atoms with Crippen molar-refractivity contribution in [1.29, 1.82) is 5.26 Å². The monoisotopic (exact) mass is 399 g/mol. The van der Waals surface area contributed by atoms with E-state index in [0.29, 0.717) is 0 Å². The number of hydrogen-bond acceptors (Lipinski definition) is 5. The summed E-state index contributed by atoms with van der Waals surface area (Å²) in [5.41, 5.74) is 0.965. The maximum atomic E-state index is 14.7. The summed E-state index contributed by atoms with van der Waals surface area (Å²) in [4.78, 5) is 26.2. The molecule has 1 aromatic heterocycles. The lowest BCUT2D eigenvalue weighted by Crippen LogP contribution is -2.46. The van der Waals surface area contributed by atoms with Crippen molar-refractivity contribution in [2.24, 2.45) is 0 Å². The Kier molecular flexibility index (Phi) is 6.50. The van der Waals surface area contributed by atoms with E-state index in [1.54, 1.807) is 6.92 Å². The smallest absolute Gasteiger partial charge is 0.410 e. The number of amides is 1. The SMILES string of the molecule is CCOC(=O)c1c(C#N)ccn1C1CN(C(=O)OCc2ccccc2)CCC1F. The fraction of sp³-hybridized carbons (Fsp3) is 0.381. The van der Waals surface area contributed by atoms with E-state index in [-0.39, 0.29) is 44.0 Å². The first-order chi connectivity index (χ1) is 14.0. The highest BCUT2D eigenvalue weighted by Crippen LogP contribution is 2.29. The lowest BCUT2D eigenvalue weighted by Gasteiger charge is -2.35. The fourth-order valence-corrected chi connectivity index (χ4v) is 3.37. The van der Waals surface area contributed by atoms with Crippen molar-refractivity contribution in [3.8, 4) is 6.07 Å². The number of alkyl halides is 1. The van der Waals surface area contributed by atoms with Gasteiger partial charge in [-0.1, -0.05) is 30.3 Å². The Balaban J connectivity index is 1.75. The minimum Gasteiger partial charge on any atom is -0.461 e. The molecule has 1 fully saturated rings. The number of carbonyl (C=O) groups excluding carboxylic acids is 2. The van der Waals surface area contributed by atoms with Gasteiger partial charge in [-0.15, -0.1) is 0 Å². The molecule has 0 bridgehead atoms. The van der Waals surface area contributed by atoms with E-state index in [4.69, 9.17) is 9.47 Å². The van der Waals surface area contributed by atoms with Crippen molar-refractivity contribution in [3.63, 3.8) is 0 Å². The normalized spacial score (nSPS) is 18.7. The Morgan fingerprint density at radius 3 is 2.69 bits per heavy atom. The number of benzene rings is 1. The van der Waals surface area contributed by atoms with Gasteiger partial charge in [0.25, 0.3) is 0 Å². The summed E-state index contributed by atoms with van der Waals surface area (Å²) in [7, 11) is 0. The first kappa shape index (κ1) is 20.4. The van der Waals surface area contributed by atoms with Gasteiger partial charge in [0, 0.05) is 19.3 Å². The molecule has 0 aliphatic carbocycles. The number of nitrogens with zero attached hydrogens (tertiary/aromatic N) is 3. The van der Waals surface area contributed by atoms with Crippen molar-refractivity contribution in [2.45, 2.75) is 32.2 Å². The first-order valence-corrected chi connectivity index (χ1v) is 9.42. The zero-order valence-corrected chi connectivity index (χ0v) is 16.1. The van der Waals surface area contributed by atoms with Gasteiger partial charge in [-0.3, -0.25) is 0 Å². The number of piperidine rings is 1. The van der Waals surface area contributed by atoms with Crippen molar-refractivity contribution in [1.82, 2.24) is 9.47 Å². The van der Waals surface area contributed by atoms with Crippen LogP contribution in [0.3, 0.4) is 0 Å². The molecule has 2 heterocycles. The zero-order chi connectivity index (χ0) is 20.8. The van der Waals surface area contributed by atoms with Gasteiger partial charge in [-0.25, -0.2) is 14.0 Å². The van der Waals surface area contributed by atoms with Crippen molar-refractivity contribution in [2.75, 3.05) is 19.7 Å². The van der Waals surface area contributed by atoms with Gasteiger partial charge in [0.2, 0.25) is 0 Å². The van der Waals surface area contributed by atoms with E-state index in [1.807, 2.05) is 36.4 Å². The summed E-state index contributed by atoms with van der Waals surface area (Å²) in [6, 6.07) is 11.8. The minimum atomic E-state index is -1.28. The predicted molar refractivity (Wildman–Crippen MR) is 102 cm³/mol. The van der Waals surface area contributed by atoms with Gasteiger partial charge in [0.05, 0.1) is 18.2 Å². The molecule has 29 heavy (non-hydrogen) atoms. The molecule has 1 aliphatic heterocycles. The Morgan fingerprint density at radius 2 is 2.00 bits per heavy atom. The van der Waals surface area contributed by atoms with Crippen LogP contribution in [0.5, 0.6) is 0 Å². The molecular formula is C21H22FN3O4. The third-order valence-electron chi connectivity index (χ3n) is 4.82. The molecule has 8 heteroatoms. The summed E-state index contributed by atoms with van der Waals surface area (Å²) in [6.45, 7) is 2.15. The molecule has 1 amide bonds. The molecule has 2 aromatic rings. The second kappa shape index (κ2) is 9.24. The van der Waals surface area contributed by atoms with E-state index in [1.165, 1.54) is 21.7 Å². The molecule has 1 aliphatic rings. The highest BCUT2D eigenvalue weighted by molar-refractivity contribution is 5.90. The third kappa shape index (κ3) is 4.57. The Morgan fingerprint density at radius 1 is 1.24 bits per heavy atom. The number of aromatic nitrogens is 1. The van der Waals surface area contributed by atoms with Gasteiger partial charge in [0.1, 0.15) is 24.5 Å². The average molecular weight is 399 g/mol. The van der Waals surface area contributed by atoms with Crippen molar-refractivity contribution in [3.05, 3.63) is 59.4 Å². The molecule has 3 rings (SSSR count). The van der Waals surface area contributed by atoms with Crippen LogP contribution in [0.15, 0.2) is 42.6 Å². The number of carbonyl (C=O) groups is 2. The maximum absolute atomic E-state index is 14.7. The molecule has 7 nitrogen and oxygen atoms in total. The predicted octanol–water partition coefficient (Wildman–Crippen LogP) is 3.46. The van der Waals surface area contributed by atoms with Crippen LogP contribution in [0.1, 0.15) is 41.0 Å².